The number of hydrogen-bond donors (Lipinski definition) is 1. The Morgan fingerprint density at radius 3 is 2.53 bits per heavy atom. The molecule has 0 saturated carbocycles. The molecular weight excluding hydrogens is 273 g/mol. The van der Waals surface area contributed by atoms with Crippen LogP contribution in [0.15, 0.2) is 22.7 Å². The van der Waals surface area contributed by atoms with Gasteiger partial charge in [0.2, 0.25) is 0 Å². The number of alkyl halides is 3. The Morgan fingerprint density at radius 1 is 1.33 bits per heavy atom. The standard InChI is InChI=1S/C10H6BrF3O/c11-9-4-3-8(10(12,13)14)6-7(9)2-1-5-15/h3-4,6,15H,5H2. The zero-order valence-corrected chi connectivity index (χ0v) is 8.98. The Kier molecular flexibility index (Phi) is 3.77. The van der Waals surface area contributed by atoms with Crippen molar-refractivity contribution < 1.29 is 18.3 Å². The van der Waals surface area contributed by atoms with Crippen LogP contribution in [-0.4, -0.2) is 11.7 Å². The second kappa shape index (κ2) is 4.69. The van der Waals surface area contributed by atoms with E-state index in [2.05, 4.69) is 27.8 Å². The third kappa shape index (κ3) is 3.26. The van der Waals surface area contributed by atoms with Crippen LogP contribution in [0.4, 0.5) is 13.2 Å². The fraction of sp³-hybridized carbons (Fsp3) is 0.200. The summed E-state index contributed by atoms with van der Waals surface area (Å²) < 4.78 is 37.4. The van der Waals surface area contributed by atoms with Crippen LogP contribution >= 0.6 is 15.9 Å². The van der Waals surface area contributed by atoms with Crippen LogP contribution < -0.4 is 0 Å². The summed E-state index contributed by atoms with van der Waals surface area (Å²) in [4.78, 5) is 0. The van der Waals surface area contributed by atoms with Gasteiger partial charge < -0.3 is 5.11 Å². The van der Waals surface area contributed by atoms with Crippen LogP contribution in [0.2, 0.25) is 0 Å². The maximum absolute atomic E-state index is 12.3. The molecule has 0 amide bonds. The van der Waals surface area contributed by atoms with Crippen LogP contribution in [0, 0.1) is 11.8 Å². The molecule has 0 atom stereocenters. The average Bonchev–Trinajstić information content (AvgIpc) is 2.15. The minimum Gasteiger partial charge on any atom is -0.384 e. The molecule has 0 heterocycles. The van der Waals surface area contributed by atoms with Crippen LogP contribution in [0.5, 0.6) is 0 Å². The third-order valence-electron chi connectivity index (χ3n) is 1.60. The molecule has 0 spiro atoms. The molecule has 1 aromatic rings. The van der Waals surface area contributed by atoms with E-state index >= 15 is 0 Å². The summed E-state index contributed by atoms with van der Waals surface area (Å²) in [6.45, 7) is -0.386. The van der Waals surface area contributed by atoms with Crippen LogP contribution in [0.3, 0.4) is 0 Å². The van der Waals surface area contributed by atoms with Gasteiger partial charge >= 0.3 is 6.18 Å². The quantitative estimate of drug-likeness (QED) is 0.724. The molecule has 0 fully saturated rings. The highest BCUT2D eigenvalue weighted by molar-refractivity contribution is 9.10. The minimum atomic E-state index is -4.38. The van der Waals surface area contributed by atoms with Crippen molar-refractivity contribution in [2.45, 2.75) is 6.18 Å². The number of rotatable bonds is 0. The van der Waals surface area contributed by atoms with Crippen LogP contribution in [0.25, 0.3) is 0 Å². The summed E-state index contributed by atoms with van der Waals surface area (Å²) in [5.41, 5.74) is -0.549. The zero-order valence-electron chi connectivity index (χ0n) is 7.40. The van der Waals surface area contributed by atoms with Gasteiger partial charge in [-0.15, -0.1) is 0 Å². The van der Waals surface area contributed by atoms with Gasteiger partial charge in [0.25, 0.3) is 0 Å². The molecule has 0 aliphatic rings. The number of halogens is 4. The SMILES string of the molecule is OCC#Cc1cc(C(F)(F)F)ccc1Br. The minimum absolute atomic E-state index is 0.207. The molecule has 1 rings (SSSR count). The predicted octanol–water partition coefficient (Wildman–Crippen LogP) is 2.81. The largest absolute Gasteiger partial charge is 0.416 e. The van der Waals surface area contributed by atoms with E-state index in [0.29, 0.717) is 4.47 Å². The van der Waals surface area contributed by atoms with Gasteiger partial charge in [-0.05, 0) is 34.1 Å². The van der Waals surface area contributed by atoms with Crippen molar-refractivity contribution in [2.75, 3.05) is 6.61 Å². The van der Waals surface area contributed by atoms with Crippen molar-refractivity contribution in [1.29, 1.82) is 0 Å². The number of benzene rings is 1. The summed E-state index contributed by atoms with van der Waals surface area (Å²) in [6.07, 6.45) is -4.38. The maximum Gasteiger partial charge on any atom is 0.416 e. The predicted molar refractivity (Wildman–Crippen MR) is 53.1 cm³/mol. The number of hydrogen-bond acceptors (Lipinski definition) is 1. The lowest BCUT2D eigenvalue weighted by Gasteiger charge is -2.07. The van der Waals surface area contributed by atoms with Gasteiger partial charge in [-0.25, -0.2) is 0 Å². The molecule has 0 radical (unpaired) electrons. The lowest BCUT2D eigenvalue weighted by Crippen LogP contribution is -2.04. The van der Waals surface area contributed by atoms with Gasteiger partial charge in [0, 0.05) is 10.0 Å². The zero-order chi connectivity index (χ0) is 11.5. The number of aliphatic hydroxyl groups is 1. The monoisotopic (exact) mass is 278 g/mol. The van der Waals surface area contributed by atoms with Crippen molar-refractivity contribution in [1.82, 2.24) is 0 Å². The van der Waals surface area contributed by atoms with E-state index < -0.39 is 11.7 Å². The molecule has 0 bridgehead atoms. The van der Waals surface area contributed by atoms with Gasteiger partial charge in [-0.3, -0.25) is 0 Å². The van der Waals surface area contributed by atoms with Crippen molar-refractivity contribution in [2.24, 2.45) is 0 Å². The smallest absolute Gasteiger partial charge is 0.384 e. The second-order valence-corrected chi connectivity index (χ2v) is 3.51. The van der Waals surface area contributed by atoms with Gasteiger partial charge in [-0.1, -0.05) is 11.8 Å². The highest BCUT2D eigenvalue weighted by atomic mass is 79.9. The van der Waals surface area contributed by atoms with Crippen molar-refractivity contribution in [3.63, 3.8) is 0 Å². The van der Waals surface area contributed by atoms with E-state index in [1.54, 1.807) is 0 Å². The Bertz CT molecular complexity index is 415. The van der Waals surface area contributed by atoms with Gasteiger partial charge in [0.15, 0.2) is 0 Å². The summed E-state index contributed by atoms with van der Waals surface area (Å²) in [7, 11) is 0. The van der Waals surface area contributed by atoms with E-state index in [4.69, 9.17) is 5.11 Å². The fourth-order valence-corrected chi connectivity index (χ4v) is 1.28. The first-order chi connectivity index (χ1) is 6.95. The van der Waals surface area contributed by atoms with Crippen LogP contribution in [-0.2, 0) is 6.18 Å². The van der Waals surface area contributed by atoms with Crippen molar-refractivity contribution in [3.8, 4) is 11.8 Å². The lowest BCUT2D eigenvalue weighted by atomic mass is 10.1. The van der Waals surface area contributed by atoms with Gasteiger partial charge in [-0.2, -0.15) is 13.2 Å². The molecule has 1 N–H and O–H groups in total. The first-order valence-corrected chi connectivity index (χ1v) is 4.71. The first-order valence-electron chi connectivity index (χ1n) is 3.91. The summed E-state index contributed by atoms with van der Waals surface area (Å²) in [5.74, 6) is 4.72. The third-order valence-corrected chi connectivity index (χ3v) is 2.29. The molecule has 15 heavy (non-hydrogen) atoms. The lowest BCUT2D eigenvalue weighted by molar-refractivity contribution is -0.137. The maximum atomic E-state index is 12.3. The topological polar surface area (TPSA) is 20.2 Å². The summed E-state index contributed by atoms with van der Waals surface area (Å²) in [6, 6.07) is 3.19. The number of aliphatic hydroxyl groups excluding tert-OH is 1. The van der Waals surface area contributed by atoms with E-state index in [9.17, 15) is 13.2 Å². The second-order valence-electron chi connectivity index (χ2n) is 2.65. The fourth-order valence-electron chi connectivity index (χ4n) is 0.932. The molecule has 0 unspecified atom stereocenters. The Morgan fingerprint density at radius 2 is 2.00 bits per heavy atom. The van der Waals surface area contributed by atoms with E-state index in [0.717, 1.165) is 12.1 Å². The van der Waals surface area contributed by atoms with E-state index in [1.807, 2.05) is 0 Å². The highest BCUT2D eigenvalue weighted by Gasteiger charge is 2.30. The first kappa shape index (κ1) is 12.1. The van der Waals surface area contributed by atoms with E-state index in [1.165, 1.54) is 6.07 Å². The Hall–Kier alpha value is -0.990. The van der Waals surface area contributed by atoms with Crippen molar-refractivity contribution in [3.05, 3.63) is 33.8 Å². The van der Waals surface area contributed by atoms with Crippen molar-refractivity contribution >= 4 is 15.9 Å². The molecule has 1 nitrogen and oxygen atoms in total. The molecule has 0 aliphatic heterocycles. The molecule has 80 valence electrons. The van der Waals surface area contributed by atoms with Crippen LogP contribution in [0.1, 0.15) is 11.1 Å². The van der Waals surface area contributed by atoms with E-state index in [-0.39, 0.29) is 12.2 Å². The molecule has 0 aliphatic carbocycles. The summed E-state index contributed by atoms with van der Waals surface area (Å²) in [5, 5.41) is 8.44. The normalized spacial score (nSPS) is 10.7. The van der Waals surface area contributed by atoms with Gasteiger partial charge in [0.05, 0.1) is 5.56 Å². The molecule has 0 aromatic heterocycles. The Balaban J connectivity index is 3.17. The summed E-state index contributed by atoms with van der Waals surface area (Å²) >= 11 is 3.08. The molecular formula is C10H6BrF3O. The molecule has 1 aromatic carbocycles. The molecule has 0 saturated heterocycles. The average molecular weight is 279 g/mol. The van der Waals surface area contributed by atoms with Gasteiger partial charge in [0.1, 0.15) is 6.61 Å². The highest BCUT2D eigenvalue weighted by Crippen LogP contribution is 2.31. The Labute approximate surface area is 93.0 Å². The molecule has 5 heteroatoms.